The highest BCUT2D eigenvalue weighted by atomic mass is 19.3. The summed E-state index contributed by atoms with van der Waals surface area (Å²) < 4.78 is 33.6. The molecule has 0 amide bonds. The maximum Gasteiger partial charge on any atom is 0.356 e. The summed E-state index contributed by atoms with van der Waals surface area (Å²) >= 11 is 0. The third kappa shape index (κ3) is 9.89. The van der Waals surface area contributed by atoms with Crippen LogP contribution in [0.4, 0.5) is 8.78 Å². The summed E-state index contributed by atoms with van der Waals surface area (Å²) in [6, 6.07) is 7.98. The molecular formula is C26H40F2O. The molecule has 1 aromatic carbocycles. The van der Waals surface area contributed by atoms with Gasteiger partial charge in [0.25, 0.3) is 0 Å². The van der Waals surface area contributed by atoms with Gasteiger partial charge < -0.3 is 4.74 Å². The molecule has 0 unspecified atom stereocenters. The van der Waals surface area contributed by atoms with Gasteiger partial charge in [-0.1, -0.05) is 75.8 Å². The number of hydrogen-bond donors (Lipinski definition) is 0. The van der Waals surface area contributed by atoms with Gasteiger partial charge in [0.05, 0.1) is 6.61 Å². The summed E-state index contributed by atoms with van der Waals surface area (Å²) in [4.78, 5) is 0. The minimum atomic E-state index is -3.03. The van der Waals surface area contributed by atoms with E-state index in [1.54, 1.807) is 0 Å². The van der Waals surface area contributed by atoms with Crippen LogP contribution in [0.5, 0.6) is 0 Å². The summed E-state index contributed by atoms with van der Waals surface area (Å²) in [5.74, 6) is 0.768. The largest absolute Gasteiger partial charge is 0.356 e. The lowest BCUT2D eigenvalue weighted by Gasteiger charge is -2.30. The quantitative estimate of drug-likeness (QED) is 0.222. The average molecular weight is 407 g/mol. The lowest BCUT2D eigenvalue weighted by atomic mass is 9.78. The zero-order chi connectivity index (χ0) is 21.0. The zero-order valence-electron chi connectivity index (χ0n) is 18.3. The molecule has 164 valence electrons. The number of allylic oxidation sites excluding steroid dienone is 1. The van der Waals surface area contributed by atoms with Crippen molar-refractivity contribution in [3.63, 3.8) is 0 Å². The second-order valence-corrected chi connectivity index (χ2v) is 8.86. The maximum atomic E-state index is 14.3. The molecule has 0 heterocycles. The van der Waals surface area contributed by atoms with Gasteiger partial charge >= 0.3 is 6.11 Å². The molecule has 0 radical (unpaired) electrons. The molecule has 29 heavy (non-hydrogen) atoms. The summed E-state index contributed by atoms with van der Waals surface area (Å²) in [6.45, 7) is 5.97. The molecule has 0 saturated heterocycles. The first kappa shape index (κ1) is 24.1. The Morgan fingerprint density at radius 2 is 1.59 bits per heavy atom. The molecule has 1 nitrogen and oxygen atoms in total. The number of rotatable bonds is 14. The smallest absolute Gasteiger partial charge is 0.316 e. The van der Waals surface area contributed by atoms with Crippen LogP contribution in [0.1, 0.15) is 95.1 Å². The van der Waals surface area contributed by atoms with Gasteiger partial charge in [-0.3, -0.25) is 0 Å². The minimum absolute atomic E-state index is 0.0154. The van der Waals surface area contributed by atoms with E-state index in [2.05, 4.69) is 25.6 Å². The highest BCUT2D eigenvalue weighted by molar-refractivity contribution is 5.22. The Morgan fingerprint density at radius 1 is 0.966 bits per heavy atom. The van der Waals surface area contributed by atoms with Crippen LogP contribution in [-0.4, -0.2) is 6.11 Å². The lowest BCUT2D eigenvalue weighted by molar-refractivity contribution is -0.256. The van der Waals surface area contributed by atoms with Crippen LogP contribution in [-0.2, 0) is 17.8 Å². The zero-order valence-corrected chi connectivity index (χ0v) is 18.3. The number of aryl methyl sites for hydroxylation is 1. The first-order valence-corrected chi connectivity index (χ1v) is 11.7. The summed E-state index contributed by atoms with van der Waals surface area (Å²) in [6.07, 6.45) is 12.3. The first-order chi connectivity index (χ1) is 14.0. The highest BCUT2D eigenvalue weighted by Gasteiger charge is 2.35. The molecule has 0 bridgehead atoms. The van der Waals surface area contributed by atoms with Crippen molar-refractivity contribution < 1.29 is 13.5 Å². The molecule has 0 spiro atoms. The Kier molecular flexibility index (Phi) is 10.9. The van der Waals surface area contributed by atoms with E-state index >= 15 is 0 Å². The van der Waals surface area contributed by atoms with Crippen molar-refractivity contribution in [2.75, 3.05) is 0 Å². The van der Waals surface area contributed by atoms with Crippen molar-refractivity contribution in [1.82, 2.24) is 0 Å². The van der Waals surface area contributed by atoms with E-state index in [1.807, 2.05) is 18.2 Å². The fourth-order valence-corrected chi connectivity index (χ4v) is 4.40. The molecule has 0 aromatic heterocycles. The van der Waals surface area contributed by atoms with E-state index in [4.69, 9.17) is 4.74 Å². The minimum Gasteiger partial charge on any atom is -0.316 e. The third-order valence-corrected chi connectivity index (χ3v) is 6.31. The highest BCUT2D eigenvalue weighted by Crippen LogP contribution is 2.38. The second-order valence-electron chi connectivity index (χ2n) is 8.86. The van der Waals surface area contributed by atoms with Gasteiger partial charge in [0, 0.05) is 6.42 Å². The predicted octanol–water partition coefficient (Wildman–Crippen LogP) is 8.47. The number of ether oxygens (including phenoxy) is 1. The van der Waals surface area contributed by atoms with Crippen LogP contribution in [0.25, 0.3) is 0 Å². The molecule has 1 aliphatic rings. The normalized spacial score (nSPS) is 20.0. The Bertz CT molecular complexity index is 559. The lowest BCUT2D eigenvalue weighted by Crippen LogP contribution is -2.27. The van der Waals surface area contributed by atoms with E-state index in [-0.39, 0.29) is 18.9 Å². The number of unbranched alkanes of at least 4 members (excludes halogenated alkanes) is 4. The Morgan fingerprint density at radius 3 is 2.24 bits per heavy atom. The number of benzene rings is 1. The van der Waals surface area contributed by atoms with Crippen LogP contribution in [0.3, 0.4) is 0 Å². The van der Waals surface area contributed by atoms with E-state index in [1.165, 1.54) is 37.7 Å². The van der Waals surface area contributed by atoms with Crippen molar-refractivity contribution in [3.8, 4) is 0 Å². The number of halogens is 2. The second kappa shape index (κ2) is 13.2. The molecule has 0 aliphatic heterocycles. The molecule has 0 N–H and O–H groups in total. The van der Waals surface area contributed by atoms with Gasteiger partial charge in [0.1, 0.15) is 0 Å². The molecule has 1 aromatic rings. The van der Waals surface area contributed by atoms with E-state index < -0.39 is 6.11 Å². The van der Waals surface area contributed by atoms with Gasteiger partial charge in [0.2, 0.25) is 0 Å². The van der Waals surface area contributed by atoms with Gasteiger partial charge in [-0.25, -0.2) is 0 Å². The monoisotopic (exact) mass is 406 g/mol. The van der Waals surface area contributed by atoms with E-state index in [0.29, 0.717) is 5.92 Å². The predicted molar refractivity (Wildman–Crippen MR) is 118 cm³/mol. The van der Waals surface area contributed by atoms with Crippen LogP contribution in [0.2, 0.25) is 0 Å². The van der Waals surface area contributed by atoms with E-state index in [9.17, 15) is 8.78 Å². The molecule has 3 heteroatoms. The topological polar surface area (TPSA) is 9.23 Å². The Balaban J connectivity index is 1.67. The van der Waals surface area contributed by atoms with Gasteiger partial charge in [-0.05, 0) is 61.5 Å². The fraction of sp³-hybridized carbons (Fsp3) is 0.692. The summed E-state index contributed by atoms with van der Waals surface area (Å²) in [5, 5.41) is 0. The Hall–Kier alpha value is -1.22. The SMILES string of the molecule is C=CCCC1CCC(CC(F)(F)OCc2ccc(CCCCCCC)cc2)CC1. The standard InChI is InChI=1S/C26H40F2O/c1-3-5-7-8-9-11-23-14-18-25(19-15-23)21-29-26(27,28)20-24-16-12-22(13-17-24)10-6-4-2/h4,14-15,18-19,22,24H,2-3,5-13,16-17,20-21H2,1H3. The molecule has 2 rings (SSSR count). The molecule has 1 aliphatic carbocycles. The van der Waals surface area contributed by atoms with Crippen molar-refractivity contribution >= 4 is 0 Å². The van der Waals surface area contributed by atoms with Crippen LogP contribution in [0.15, 0.2) is 36.9 Å². The fourth-order valence-electron chi connectivity index (χ4n) is 4.40. The third-order valence-electron chi connectivity index (χ3n) is 6.31. The van der Waals surface area contributed by atoms with Crippen molar-refractivity contribution in [1.29, 1.82) is 0 Å². The van der Waals surface area contributed by atoms with E-state index in [0.717, 1.165) is 50.5 Å². The van der Waals surface area contributed by atoms with Crippen LogP contribution >= 0.6 is 0 Å². The van der Waals surface area contributed by atoms with Crippen molar-refractivity contribution in [2.24, 2.45) is 11.8 Å². The van der Waals surface area contributed by atoms with Crippen LogP contribution in [0, 0.1) is 11.8 Å². The van der Waals surface area contributed by atoms with Gasteiger partial charge in [-0.15, -0.1) is 6.58 Å². The average Bonchev–Trinajstić information content (AvgIpc) is 2.72. The molecule has 1 fully saturated rings. The van der Waals surface area contributed by atoms with Gasteiger partial charge in [-0.2, -0.15) is 8.78 Å². The maximum absolute atomic E-state index is 14.3. The van der Waals surface area contributed by atoms with Gasteiger partial charge in [0.15, 0.2) is 0 Å². The number of hydrogen-bond acceptors (Lipinski definition) is 1. The summed E-state index contributed by atoms with van der Waals surface area (Å²) in [5.41, 5.74) is 2.11. The molecule has 0 atom stereocenters. The first-order valence-electron chi connectivity index (χ1n) is 11.7. The molecule has 1 saturated carbocycles. The van der Waals surface area contributed by atoms with Crippen molar-refractivity contribution in [3.05, 3.63) is 48.0 Å². The summed E-state index contributed by atoms with van der Waals surface area (Å²) in [7, 11) is 0. The van der Waals surface area contributed by atoms with Crippen LogP contribution < -0.4 is 0 Å². The molecular weight excluding hydrogens is 366 g/mol. The van der Waals surface area contributed by atoms with Crippen molar-refractivity contribution in [2.45, 2.75) is 103 Å². The Labute approximate surface area is 176 Å². The number of alkyl halides is 2.